The van der Waals surface area contributed by atoms with Crippen LogP contribution in [0.3, 0.4) is 0 Å². The van der Waals surface area contributed by atoms with Crippen molar-refractivity contribution in [1.29, 1.82) is 0 Å². The quantitative estimate of drug-likeness (QED) is 0.568. The molecule has 0 saturated carbocycles. The first kappa shape index (κ1) is 11.4. The predicted molar refractivity (Wildman–Crippen MR) is 26.1 cm³/mol. The van der Waals surface area contributed by atoms with Crippen LogP contribution >= 0.6 is 46.4 Å². The van der Waals surface area contributed by atoms with Gasteiger partial charge in [0.1, 0.15) is 0 Å². The molecule has 0 aliphatic rings. The average molecular weight is 238 g/mol. The largest absolute Gasteiger partial charge is 0.266 e. The smallest absolute Gasteiger partial charge is 0.0664 e. The molecule has 0 nitrogen and oxygen atoms in total. The maximum absolute atomic E-state index is 4.83. The van der Waals surface area contributed by atoms with Crippen molar-refractivity contribution in [2.75, 3.05) is 0 Å². The van der Waals surface area contributed by atoms with Gasteiger partial charge in [0.05, 0.1) is 0 Å². The minimum absolute atomic E-state index is 0. The van der Waals surface area contributed by atoms with Gasteiger partial charge in [-0.25, -0.2) is 0 Å². The van der Waals surface area contributed by atoms with Crippen molar-refractivity contribution in [3.05, 3.63) is 0 Å². The monoisotopic (exact) mass is 236 g/mol. The van der Waals surface area contributed by atoms with Crippen molar-refractivity contribution >= 4 is 46.4 Å². The molecule has 40 valence electrons. The molecule has 0 saturated heterocycles. The van der Waals surface area contributed by atoms with E-state index in [2.05, 4.69) is 0 Å². The first-order valence-electron chi connectivity index (χ1n) is 0.756. The Balaban J connectivity index is 0. The Morgan fingerprint density at radius 3 is 0.833 bits per heavy atom. The molecule has 6 heavy (non-hydrogen) atoms. The molecule has 0 aromatic rings. The van der Waals surface area contributed by atoms with Gasteiger partial charge in [0, 0.05) is 45.5 Å². The maximum Gasteiger partial charge on any atom is 0.266 e. The van der Waals surface area contributed by atoms with Crippen LogP contribution in [0, 0.1) is 45.5 Å². The fourth-order valence-corrected chi connectivity index (χ4v) is 0. The Kier molecular flexibility index (Phi) is 8.60. The predicted octanol–water partition coefficient (Wildman–Crippen LogP) is 2.55. The number of hydrogen-bond donors (Lipinski definition) is 0. The van der Waals surface area contributed by atoms with Gasteiger partial charge in [0.25, 0.3) is 3.25 Å². The van der Waals surface area contributed by atoms with Gasteiger partial charge in [0.15, 0.2) is 0 Å². The molecule has 0 spiro atoms. The van der Waals surface area contributed by atoms with Crippen molar-refractivity contribution in [2.45, 2.75) is 3.25 Å². The van der Waals surface area contributed by atoms with E-state index in [-0.39, 0.29) is 45.5 Å². The molecule has 0 aromatic heterocycles. The Bertz CT molecular complexity index is 23.0. The zero-order valence-electron chi connectivity index (χ0n) is 2.37. The summed E-state index contributed by atoms with van der Waals surface area (Å²) in [5, 5.41) is 0. The van der Waals surface area contributed by atoms with E-state index in [0.717, 1.165) is 0 Å². The summed E-state index contributed by atoms with van der Waals surface area (Å²) < 4.78 is -1.61. The molecular weight excluding hydrogens is 238 g/mol. The van der Waals surface area contributed by atoms with E-state index in [1.807, 2.05) is 0 Å². The van der Waals surface area contributed by atoms with Crippen LogP contribution < -0.4 is 0 Å². The summed E-state index contributed by atoms with van der Waals surface area (Å²) in [6.45, 7) is 0. The second-order valence-electron chi connectivity index (χ2n) is 0.429. The Hall–Kier alpha value is 2.64. The fourth-order valence-electron chi connectivity index (χ4n) is 0. The molecule has 0 unspecified atom stereocenters. The van der Waals surface area contributed by atoms with E-state index in [4.69, 9.17) is 46.4 Å². The molecule has 0 heterocycles. The SMILES string of the molecule is ClC(Cl)(Cl)Cl.[Kr]. The van der Waals surface area contributed by atoms with Gasteiger partial charge in [-0.05, 0) is 0 Å². The van der Waals surface area contributed by atoms with Gasteiger partial charge in [-0.1, -0.05) is 46.4 Å². The summed E-state index contributed by atoms with van der Waals surface area (Å²) in [6.07, 6.45) is 0. The number of rotatable bonds is 0. The molecular formula is CCl4Kr. The van der Waals surface area contributed by atoms with Crippen LogP contribution in [0.25, 0.3) is 0 Å². The number of alkyl halides is 4. The van der Waals surface area contributed by atoms with Crippen molar-refractivity contribution in [3.8, 4) is 0 Å². The normalized spacial score (nSPS) is 10.0. The van der Waals surface area contributed by atoms with E-state index >= 15 is 0 Å². The molecule has 0 aromatic carbocycles. The summed E-state index contributed by atoms with van der Waals surface area (Å²) in [6, 6.07) is 0. The van der Waals surface area contributed by atoms with Crippen molar-refractivity contribution in [1.82, 2.24) is 0 Å². The van der Waals surface area contributed by atoms with E-state index in [1.54, 1.807) is 0 Å². The Labute approximate surface area is 93.3 Å². The van der Waals surface area contributed by atoms with Crippen LogP contribution in [0.5, 0.6) is 0 Å². The molecule has 0 atom stereocenters. The van der Waals surface area contributed by atoms with Gasteiger partial charge < -0.3 is 0 Å². The maximum atomic E-state index is 4.83. The second kappa shape index (κ2) is 4.51. The van der Waals surface area contributed by atoms with E-state index in [1.165, 1.54) is 0 Å². The standard InChI is InChI=1S/CCl4.Kr/c2-1(3,4)5;. The first-order valence-corrected chi connectivity index (χ1v) is 2.27. The number of halogens is 4. The first-order chi connectivity index (χ1) is 2.00. The second-order valence-corrected chi connectivity index (χ2v) is 3.86. The molecule has 5 heteroatoms. The minimum Gasteiger partial charge on any atom is -0.0664 e. The van der Waals surface area contributed by atoms with Gasteiger partial charge in [0.2, 0.25) is 0 Å². The Morgan fingerprint density at radius 2 is 0.833 bits per heavy atom. The van der Waals surface area contributed by atoms with Crippen LogP contribution in [0.15, 0.2) is 0 Å². The zero-order valence-corrected chi connectivity index (χ0v) is 6.87. The van der Waals surface area contributed by atoms with Gasteiger partial charge in [-0.3, -0.25) is 0 Å². The number of hydrogen-bond acceptors (Lipinski definition) is 0. The van der Waals surface area contributed by atoms with Crippen molar-refractivity contribution < 1.29 is 45.5 Å². The zero-order chi connectivity index (χ0) is 4.50. The molecule has 0 rings (SSSR count). The van der Waals surface area contributed by atoms with Crippen molar-refractivity contribution in [2.24, 2.45) is 0 Å². The third kappa shape index (κ3) is 30.3. The average Bonchev–Trinajstić information content (AvgIpc) is 0.722. The van der Waals surface area contributed by atoms with E-state index in [0.29, 0.717) is 0 Å². The third-order valence-electron chi connectivity index (χ3n) is 0. The molecule has 0 bridgehead atoms. The molecule has 0 N–H and O–H groups in total. The van der Waals surface area contributed by atoms with Gasteiger partial charge in [-0.15, -0.1) is 0 Å². The summed E-state index contributed by atoms with van der Waals surface area (Å²) in [5.41, 5.74) is 0. The van der Waals surface area contributed by atoms with Crippen LogP contribution in [0.1, 0.15) is 0 Å². The summed E-state index contributed by atoms with van der Waals surface area (Å²) in [5.74, 6) is 0. The van der Waals surface area contributed by atoms with Crippen LogP contribution in [0.4, 0.5) is 0 Å². The van der Waals surface area contributed by atoms with Gasteiger partial charge >= 0.3 is 0 Å². The summed E-state index contributed by atoms with van der Waals surface area (Å²) >= 11 is 19.3. The van der Waals surface area contributed by atoms with Crippen molar-refractivity contribution in [3.63, 3.8) is 0 Å². The van der Waals surface area contributed by atoms with Gasteiger partial charge in [-0.2, -0.15) is 0 Å². The molecule has 0 fully saturated rings. The summed E-state index contributed by atoms with van der Waals surface area (Å²) in [4.78, 5) is 0. The van der Waals surface area contributed by atoms with Crippen LogP contribution in [-0.2, 0) is 0 Å². The van der Waals surface area contributed by atoms with E-state index in [9.17, 15) is 0 Å². The fraction of sp³-hybridized carbons (Fsp3) is 1.00. The van der Waals surface area contributed by atoms with Crippen LogP contribution in [0.2, 0.25) is 0 Å². The third-order valence-corrected chi connectivity index (χ3v) is 0. The summed E-state index contributed by atoms with van der Waals surface area (Å²) in [7, 11) is 0. The van der Waals surface area contributed by atoms with Crippen LogP contribution in [-0.4, -0.2) is 3.25 Å². The topological polar surface area (TPSA) is 0 Å². The van der Waals surface area contributed by atoms with E-state index < -0.39 is 3.25 Å². The minimum atomic E-state index is -1.61. The Morgan fingerprint density at radius 1 is 0.833 bits per heavy atom. The molecule has 0 amide bonds. The molecule has 0 aliphatic carbocycles. The molecule has 0 radical (unpaired) electrons. The molecule has 0 aliphatic heterocycles.